The summed E-state index contributed by atoms with van der Waals surface area (Å²) in [6, 6.07) is 9.53. The van der Waals surface area contributed by atoms with E-state index in [2.05, 4.69) is 15.2 Å². The standard InChI is InChI=1S/C19H26N4O3/c1-24-17-8-7-14(12-18(17)25-2)22-19(20)21-13-15(16-6-5-11-26-16)23-9-3-4-10-23/h5-8,11-12,15H,3-4,9-10,13H2,1-2H3,(H3,20,21,22). The van der Waals surface area contributed by atoms with Crippen molar-refractivity contribution in [3.8, 4) is 11.5 Å². The number of anilines is 1. The quantitative estimate of drug-likeness (QED) is 0.585. The average Bonchev–Trinajstić information content (AvgIpc) is 3.36. The first-order valence-corrected chi connectivity index (χ1v) is 8.77. The molecule has 1 aromatic carbocycles. The number of methoxy groups -OCH3 is 2. The lowest BCUT2D eigenvalue weighted by Gasteiger charge is -2.24. The molecule has 2 aromatic rings. The van der Waals surface area contributed by atoms with Gasteiger partial charge in [0.25, 0.3) is 0 Å². The fourth-order valence-electron chi connectivity index (χ4n) is 3.21. The minimum atomic E-state index is 0.109. The van der Waals surface area contributed by atoms with Crippen molar-refractivity contribution in [3.63, 3.8) is 0 Å². The average molecular weight is 358 g/mol. The Hall–Kier alpha value is -2.67. The normalized spacial score (nSPS) is 16.5. The number of guanidine groups is 1. The highest BCUT2D eigenvalue weighted by Crippen LogP contribution is 2.30. The van der Waals surface area contributed by atoms with E-state index in [9.17, 15) is 0 Å². The van der Waals surface area contributed by atoms with Crippen molar-refractivity contribution in [3.05, 3.63) is 42.4 Å². The van der Waals surface area contributed by atoms with Crippen LogP contribution in [0.5, 0.6) is 11.5 Å². The second kappa shape index (κ2) is 8.62. The maximum Gasteiger partial charge on any atom is 0.193 e. The van der Waals surface area contributed by atoms with Gasteiger partial charge in [0.05, 0.1) is 33.1 Å². The van der Waals surface area contributed by atoms with Crippen LogP contribution in [0.15, 0.2) is 46.0 Å². The van der Waals surface area contributed by atoms with E-state index in [1.807, 2.05) is 30.3 Å². The van der Waals surface area contributed by atoms with Crippen LogP contribution in [0.2, 0.25) is 0 Å². The summed E-state index contributed by atoms with van der Waals surface area (Å²) in [5, 5.41) is 3.10. The van der Waals surface area contributed by atoms with Crippen LogP contribution in [0, 0.1) is 0 Å². The molecule has 26 heavy (non-hydrogen) atoms. The van der Waals surface area contributed by atoms with E-state index in [-0.39, 0.29) is 6.04 Å². The van der Waals surface area contributed by atoms with E-state index >= 15 is 0 Å². The van der Waals surface area contributed by atoms with Crippen molar-refractivity contribution in [2.45, 2.75) is 18.9 Å². The van der Waals surface area contributed by atoms with E-state index in [1.54, 1.807) is 20.5 Å². The summed E-state index contributed by atoms with van der Waals surface area (Å²) >= 11 is 0. The smallest absolute Gasteiger partial charge is 0.193 e. The number of hydrogen-bond acceptors (Lipinski definition) is 5. The van der Waals surface area contributed by atoms with Gasteiger partial charge in [-0.3, -0.25) is 9.89 Å². The molecular formula is C19H26N4O3. The molecule has 0 amide bonds. The summed E-state index contributed by atoms with van der Waals surface area (Å²) in [5.41, 5.74) is 6.88. The van der Waals surface area contributed by atoms with Crippen LogP contribution in [-0.2, 0) is 0 Å². The van der Waals surface area contributed by atoms with E-state index in [1.165, 1.54) is 12.8 Å². The number of rotatable bonds is 7. The van der Waals surface area contributed by atoms with Gasteiger partial charge >= 0.3 is 0 Å². The fourth-order valence-corrected chi connectivity index (χ4v) is 3.21. The molecule has 1 aliphatic heterocycles. The summed E-state index contributed by atoms with van der Waals surface area (Å²) in [6.45, 7) is 2.66. The molecule has 3 rings (SSSR count). The van der Waals surface area contributed by atoms with Crippen molar-refractivity contribution >= 4 is 11.6 Å². The predicted molar refractivity (Wildman–Crippen MR) is 102 cm³/mol. The number of hydrogen-bond donors (Lipinski definition) is 2. The monoisotopic (exact) mass is 358 g/mol. The first kappa shape index (κ1) is 18.1. The van der Waals surface area contributed by atoms with Crippen LogP contribution in [0.3, 0.4) is 0 Å². The molecule has 1 aromatic heterocycles. The number of benzene rings is 1. The molecular weight excluding hydrogens is 332 g/mol. The van der Waals surface area contributed by atoms with Gasteiger partial charge in [0.2, 0.25) is 0 Å². The van der Waals surface area contributed by atoms with E-state index in [0.29, 0.717) is 24.0 Å². The van der Waals surface area contributed by atoms with Crippen LogP contribution >= 0.6 is 0 Å². The minimum absolute atomic E-state index is 0.109. The molecule has 1 fully saturated rings. The Kier molecular flexibility index (Phi) is 6.01. The zero-order valence-electron chi connectivity index (χ0n) is 15.3. The number of nitrogens with one attached hydrogen (secondary N) is 1. The molecule has 1 atom stereocenters. The maximum absolute atomic E-state index is 6.09. The molecule has 1 aliphatic rings. The van der Waals surface area contributed by atoms with Gasteiger partial charge in [-0.25, -0.2) is 0 Å². The third-order valence-electron chi connectivity index (χ3n) is 4.54. The van der Waals surface area contributed by atoms with Gasteiger partial charge in [0, 0.05) is 11.8 Å². The van der Waals surface area contributed by atoms with Gasteiger partial charge in [-0.2, -0.15) is 0 Å². The zero-order chi connectivity index (χ0) is 18.4. The first-order chi connectivity index (χ1) is 12.7. The van der Waals surface area contributed by atoms with Crippen molar-refractivity contribution < 1.29 is 13.9 Å². The number of furan rings is 1. The highest BCUT2D eigenvalue weighted by Gasteiger charge is 2.25. The largest absolute Gasteiger partial charge is 0.493 e. The Morgan fingerprint density at radius 3 is 2.65 bits per heavy atom. The van der Waals surface area contributed by atoms with Gasteiger partial charge in [-0.05, 0) is 50.2 Å². The third-order valence-corrected chi connectivity index (χ3v) is 4.54. The van der Waals surface area contributed by atoms with Crippen LogP contribution in [0.1, 0.15) is 24.6 Å². The van der Waals surface area contributed by atoms with Crippen molar-refractivity contribution in [2.75, 3.05) is 39.2 Å². The van der Waals surface area contributed by atoms with Crippen molar-refractivity contribution in [1.82, 2.24) is 4.90 Å². The molecule has 140 valence electrons. The molecule has 0 spiro atoms. The molecule has 0 saturated carbocycles. The Morgan fingerprint density at radius 2 is 2.00 bits per heavy atom. The summed E-state index contributed by atoms with van der Waals surface area (Å²) in [4.78, 5) is 6.92. The number of ether oxygens (including phenoxy) is 2. The second-order valence-electron chi connectivity index (χ2n) is 6.19. The second-order valence-corrected chi connectivity index (χ2v) is 6.19. The van der Waals surface area contributed by atoms with Crippen LogP contribution in [-0.4, -0.2) is 44.7 Å². The predicted octanol–water partition coefficient (Wildman–Crippen LogP) is 2.86. The van der Waals surface area contributed by atoms with Crippen LogP contribution in [0.25, 0.3) is 0 Å². The molecule has 1 unspecified atom stereocenters. The molecule has 2 heterocycles. The first-order valence-electron chi connectivity index (χ1n) is 8.77. The molecule has 0 bridgehead atoms. The minimum Gasteiger partial charge on any atom is -0.493 e. The number of nitrogens with zero attached hydrogens (tertiary/aromatic N) is 2. The summed E-state index contributed by atoms with van der Waals surface area (Å²) in [7, 11) is 3.21. The lowest BCUT2D eigenvalue weighted by atomic mass is 10.2. The Labute approximate surface area is 153 Å². The molecule has 7 nitrogen and oxygen atoms in total. The molecule has 0 aliphatic carbocycles. The number of likely N-dealkylation sites (tertiary alicyclic amines) is 1. The van der Waals surface area contributed by atoms with Crippen molar-refractivity contribution in [2.24, 2.45) is 10.7 Å². The topological polar surface area (TPSA) is 85.2 Å². The van der Waals surface area contributed by atoms with Gasteiger partial charge in [-0.1, -0.05) is 0 Å². The van der Waals surface area contributed by atoms with E-state index in [4.69, 9.17) is 19.6 Å². The Bertz CT molecular complexity index is 724. The van der Waals surface area contributed by atoms with Gasteiger partial charge < -0.3 is 24.9 Å². The maximum atomic E-state index is 6.09. The molecule has 1 saturated heterocycles. The van der Waals surface area contributed by atoms with E-state index < -0.39 is 0 Å². The highest BCUT2D eigenvalue weighted by atomic mass is 16.5. The SMILES string of the molecule is COc1ccc(NC(N)=NCC(c2ccco2)N2CCCC2)cc1OC. The molecule has 0 radical (unpaired) electrons. The number of aliphatic imine (C=N–C) groups is 1. The fraction of sp³-hybridized carbons (Fsp3) is 0.421. The van der Waals surface area contributed by atoms with Crippen molar-refractivity contribution in [1.29, 1.82) is 0 Å². The van der Waals surface area contributed by atoms with Crippen LogP contribution in [0.4, 0.5) is 5.69 Å². The highest BCUT2D eigenvalue weighted by molar-refractivity contribution is 5.92. The van der Waals surface area contributed by atoms with Gasteiger partial charge in [0.1, 0.15) is 5.76 Å². The zero-order valence-corrected chi connectivity index (χ0v) is 15.3. The lowest BCUT2D eigenvalue weighted by molar-refractivity contribution is 0.221. The van der Waals surface area contributed by atoms with Crippen LogP contribution < -0.4 is 20.5 Å². The lowest BCUT2D eigenvalue weighted by Crippen LogP contribution is -2.30. The van der Waals surface area contributed by atoms with Gasteiger partial charge in [-0.15, -0.1) is 0 Å². The molecule has 7 heteroatoms. The summed E-state index contributed by atoms with van der Waals surface area (Å²) in [6.07, 6.45) is 4.12. The number of nitrogens with two attached hydrogens (primary N) is 1. The van der Waals surface area contributed by atoms with Gasteiger partial charge in [0.15, 0.2) is 17.5 Å². The van der Waals surface area contributed by atoms with E-state index in [0.717, 1.165) is 24.5 Å². The summed E-state index contributed by atoms with van der Waals surface area (Å²) < 4.78 is 16.2. The Morgan fingerprint density at radius 1 is 1.23 bits per heavy atom. The third kappa shape index (κ3) is 4.29. The molecule has 3 N–H and O–H groups in total. The Balaban J connectivity index is 1.68. The summed E-state index contributed by atoms with van der Waals surface area (Å²) in [5.74, 6) is 2.58.